The summed E-state index contributed by atoms with van der Waals surface area (Å²) >= 11 is 0. The van der Waals surface area contributed by atoms with Gasteiger partial charge in [0.25, 0.3) is 6.43 Å². The Morgan fingerprint density at radius 3 is 2.67 bits per heavy atom. The van der Waals surface area contributed by atoms with Gasteiger partial charge < -0.3 is 4.74 Å². The van der Waals surface area contributed by atoms with E-state index in [2.05, 4.69) is 5.32 Å². The normalized spacial score (nSPS) is 33.8. The molecule has 1 aliphatic carbocycles. The van der Waals surface area contributed by atoms with E-state index in [0.717, 1.165) is 19.3 Å². The molecule has 1 saturated heterocycles. The molecule has 1 heterocycles. The Morgan fingerprint density at radius 2 is 2.17 bits per heavy atom. The molecule has 4 heteroatoms. The van der Waals surface area contributed by atoms with Gasteiger partial charge in [-0.2, -0.15) is 0 Å². The Morgan fingerprint density at radius 1 is 1.42 bits per heavy atom. The lowest BCUT2D eigenvalue weighted by Crippen LogP contribution is -2.60. The topological polar surface area (TPSA) is 21.3 Å². The van der Waals surface area contributed by atoms with Gasteiger partial charge in [0, 0.05) is 6.54 Å². The Balaban J connectivity index is 1.94. The monoisotopic (exact) mass is 177 g/mol. The fourth-order valence-corrected chi connectivity index (χ4v) is 1.80. The number of hydrogen-bond acceptors (Lipinski definition) is 2. The summed E-state index contributed by atoms with van der Waals surface area (Å²) in [6, 6.07) is 0. The number of ether oxygens (including phenoxy) is 1. The van der Waals surface area contributed by atoms with Crippen LogP contribution < -0.4 is 5.32 Å². The van der Waals surface area contributed by atoms with Crippen molar-refractivity contribution in [2.75, 3.05) is 6.54 Å². The number of hydrogen-bond donors (Lipinski definition) is 1. The largest absolute Gasteiger partial charge is 0.351 e. The Labute approximate surface area is 70.3 Å². The van der Waals surface area contributed by atoms with Crippen LogP contribution in [0, 0.1) is 0 Å². The van der Waals surface area contributed by atoms with Gasteiger partial charge in [0.1, 0.15) is 11.8 Å². The molecule has 2 rings (SSSR count). The Hall–Kier alpha value is -0.220. The highest BCUT2D eigenvalue weighted by Crippen LogP contribution is 2.37. The zero-order valence-corrected chi connectivity index (χ0v) is 6.85. The standard InChI is InChI=1S/C8H13F2NO/c9-7(10)6-2-5-11-8(12-6)3-1-4-8/h6-7,11H,1-5H2. The Bertz CT molecular complexity index is 170. The minimum atomic E-state index is -2.33. The summed E-state index contributed by atoms with van der Waals surface area (Å²) in [6.07, 6.45) is 0.116. The summed E-state index contributed by atoms with van der Waals surface area (Å²) in [7, 11) is 0. The first kappa shape index (κ1) is 8.38. The zero-order chi connectivity index (χ0) is 8.60. The average molecular weight is 177 g/mol. The number of rotatable bonds is 1. The molecule has 0 aromatic carbocycles. The van der Waals surface area contributed by atoms with E-state index in [1.54, 1.807) is 0 Å². The lowest BCUT2D eigenvalue weighted by Gasteiger charge is -2.47. The fourth-order valence-electron chi connectivity index (χ4n) is 1.80. The molecule has 0 radical (unpaired) electrons. The van der Waals surface area contributed by atoms with Crippen molar-refractivity contribution in [1.29, 1.82) is 0 Å². The van der Waals surface area contributed by atoms with Gasteiger partial charge in [-0.25, -0.2) is 8.78 Å². The van der Waals surface area contributed by atoms with Crippen molar-refractivity contribution >= 4 is 0 Å². The van der Waals surface area contributed by atoms with E-state index in [1.165, 1.54) is 0 Å². The van der Waals surface area contributed by atoms with Gasteiger partial charge in [-0.1, -0.05) is 0 Å². The molecule has 1 saturated carbocycles. The molecule has 1 atom stereocenters. The molecule has 1 unspecified atom stereocenters. The first-order valence-corrected chi connectivity index (χ1v) is 4.43. The van der Waals surface area contributed by atoms with Gasteiger partial charge in [0.15, 0.2) is 0 Å². The van der Waals surface area contributed by atoms with E-state index >= 15 is 0 Å². The van der Waals surface area contributed by atoms with Gasteiger partial charge in [-0.05, 0) is 25.7 Å². The van der Waals surface area contributed by atoms with E-state index in [9.17, 15) is 8.78 Å². The van der Waals surface area contributed by atoms with Crippen LogP contribution in [0.5, 0.6) is 0 Å². The van der Waals surface area contributed by atoms with Gasteiger partial charge >= 0.3 is 0 Å². The van der Waals surface area contributed by atoms with E-state index in [0.29, 0.717) is 13.0 Å². The lowest BCUT2D eigenvalue weighted by molar-refractivity contribution is -0.214. The molecule has 0 bridgehead atoms. The van der Waals surface area contributed by atoms with E-state index < -0.39 is 12.5 Å². The van der Waals surface area contributed by atoms with Crippen LogP contribution in [-0.2, 0) is 4.74 Å². The summed E-state index contributed by atoms with van der Waals surface area (Å²) < 4.78 is 29.9. The third-order valence-corrected chi connectivity index (χ3v) is 2.70. The first-order valence-electron chi connectivity index (χ1n) is 4.43. The van der Waals surface area contributed by atoms with E-state index in [-0.39, 0.29) is 5.72 Å². The number of nitrogens with one attached hydrogen (secondary N) is 1. The van der Waals surface area contributed by atoms with Crippen LogP contribution in [0.1, 0.15) is 25.7 Å². The second-order valence-corrected chi connectivity index (χ2v) is 3.55. The first-order chi connectivity index (χ1) is 5.72. The van der Waals surface area contributed by atoms with Crippen LogP contribution in [0.15, 0.2) is 0 Å². The summed E-state index contributed by atoms with van der Waals surface area (Å²) in [5.41, 5.74) is -0.376. The van der Waals surface area contributed by atoms with Crippen LogP contribution in [0.3, 0.4) is 0 Å². The predicted octanol–water partition coefficient (Wildman–Crippen LogP) is 1.51. The highest BCUT2D eigenvalue weighted by Gasteiger charge is 2.44. The van der Waals surface area contributed by atoms with Crippen LogP contribution in [0.2, 0.25) is 0 Å². The molecule has 2 aliphatic rings. The second-order valence-electron chi connectivity index (χ2n) is 3.55. The second kappa shape index (κ2) is 2.92. The van der Waals surface area contributed by atoms with Gasteiger partial charge in [0.2, 0.25) is 0 Å². The highest BCUT2D eigenvalue weighted by atomic mass is 19.3. The zero-order valence-electron chi connectivity index (χ0n) is 6.85. The van der Waals surface area contributed by atoms with Crippen molar-refractivity contribution in [1.82, 2.24) is 5.32 Å². The maximum atomic E-state index is 12.3. The molecule has 12 heavy (non-hydrogen) atoms. The van der Waals surface area contributed by atoms with E-state index in [1.807, 2.05) is 0 Å². The molecule has 0 aromatic heterocycles. The molecule has 70 valence electrons. The number of halogens is 2. The third kappa shape index (κ3) is 1.33. The summed E-state index contributed by atoms with van der Waals surface area (Å²) in [5.74, 6) is 0. The summed E-state index contributed by atoms with van der Waals surface area (Å²) in [5, 5.41) is 3.16. The molecule has 2 nitrogen and oxygen atoms in total. The van der Waals surface area contributed by atoms with Crippen LogP contribution in [0.4, 0.5) is 8.78 Å². The lowest BCUT2D eigenvalue weighted by atomic mass is 9.86. The van der Waals surface area contributed by atoms with Crippen molar-refractivity contribution in [3.05, 3.63) is 0 Å². The van der Waals surface area contributed by atoms with Crippen LogP contribution in [-0.4, -0.2) is 24.8 Å². The van der Waals surface area contributed by atoms with Crippen molar-refractivity contribution in [2.24, 2.45) is 0 Å². The Kier molecular flexibility index (Phi) is 2.04. The number of alkyl halides is 2. The van der Waals surface area contributed by atoms with Crippen LogP contribution in [0.25, 0.3) is 0 Å². The third-order valence-electron chi connectivity index (χ3n) is 2.70. The van der Waals surface area contributed by atoms with Crippen molar-refractivity contribution in [3.8, 4) is 0 Å². The molecule has 0 amide bonds. The maximum absolute atomic E-state index is 12.3. The van der Waals surface area contributed by atoms with Crippen molar-refractivity contribution in [3.63, 3.8) is 0 Å². The minimum Gasteiger partial charge on any atom is -0.351 e. The molecule has 1 spiro atoms. The maximum Gasteiger partial charge on any atom is 0.264 e. The fraction of sp³-hybridized carbons (Fsp3) is 1.00. The average Bonchev–Trinajstić information content (AvgIpc) is 2.02. The van der Waals surface area contributed by atoms with Gasteiger partial charge in [-0.3, -0.25) is 5.32 Å². The summed E-state index contributed by atoms with van der Waals surface area (Å²) in [6.45, 7) is 0.662. The molecular weight excluding hydrogens is 164 g/mol. The smallest absolute Gasteiger partial charge is 0.264 e. The van der Waals surface area contributed by atoms with E-state index in [4.69, 9.17) is 4.74 Å². The van der Waals surface area contributed by atoms with Crippen LogP contribution >= 0.6 is 0 Å². The van der Waals surface area contributed by atoms with Gasteiger partial charge in [-0.15, -0.1) is 0 Å². The summed E-state index contributed by atoms with van der Waals surface area (Å²) in [4.78, 5) is 0. The quantitative estimate of drug-likeness (QED) is 0.655. The predicted molar refractivity (Wildman–Crippen MR) is 40.1 cm³/mol. The molecule has 0 aromatic rings. The van der Waals surface area contributed by atoms with Crippen molar-refractivity contribution < 1.29 is 13.5 Å². The van der Waals surface area contributed by atoms with Gasteiger partial charge in [0.05, 0.1) is 0 Å². The highest BCUT2D eigenvalue weighted by molar-refractivity contribution is 4.91. The SMILES string of the molecule is FC(F)C1CCNC2(CCC2)O1. The molecule has 2 fully saturated rings. The minimum absolute atomic E-state index is 0.376. The molecular formula is C8H13F2NO. The molecule has 1 aliphatic heterocycles. The molecule has 1 N–H and O–H groups in total. The van der Waals surface area contributed by atoms with Crippen molar-refractivity contribution in [2.45, 2.75) is 43.9 Å².